The molecule has 2 unspecified atom stereocenters. The van der Waals surface area contributed by atoms with Crippen LogP contribution in [-0.2, 0) is 30.4 Å². The molecule has 0 radical (unpaired) electrons. The SMILES string of the molecule is CCOC(=O)CC(NC(=O)C(COCc1ccccc1)NC(=O)OCCNc1ccccn1)c1cc(Cl)cc(Cl)c1. The van der Waals surface area contributed by atoms with Crippen LogP contribution < -0.4 is 16.0 Å². The van der Waals surface area contributed by atoms with Crippen molar-refractivity contribution in [3.8, 4) is 0 Å². The summed E-state index contributed by atoms with van der Waals surface area (Å²) >= 11 is 12.3. The van der Waals surface area contributed by atoms with E-state index in [0.29, 0.717) is 28.0 Å². The Balaban J connectivity index is 1.67. The van der Waals surface area contributed by atoms with E-state index < -0.39 is 30.1 Å². The van der Waals surface area contributed by atoms with Crippen LogP contribution in [0.4, 0.5) is 10.6 Å². The van der Waals surface area contributed by atoms with E-state index in [1.54, 1.807) is 37.4 Å². The van der Waals surface area contributed by atoms with Gasteiger partial charge in [0.2, 0.25) is 5.91 Å². The van der Waals surface area contributed by atoms with Crippen LogP contribution in [-0.4, -0.2) is 55.4 Å². The highest BCUT2D eigenvalue weighted by Crippen LogP contribution is 2.26. The second kappa shape index (κ2) is 17.1. The molecule has 10 nitrogen and oxygen atoms in total. The summed E-state index contributed by atoms with van der Waals surface area (Å²) in [6, 6.07) is 17.5. The van der Waals surface area contributed by atoms with E-state index in [-0.39, 0.29) is 32.8 Å². The lowest BCUT2D eigenvalue weighted by atomic mass is 10.0. The van der Waals surface area contributed by atoms with Gasteiger partial charge >= 0.3 is 12.1 Å². The van der Waals surface area contributed by atoms with Crippen molar-refractivity contribution >= 4 is 47.0 Å². The van der Waals surface area contributed by atoms with Crippen LogP contribution in [0, 0.1) is 0 Å². The number of aromatic nitrogens is 1. The van der Waals surface area contributed by atoms with E-state index in [0.717, 1.165) is 5.56 Å². The number of hydrogen-bond acceptors (Lipinski definition) is 8. The lowest BCUT2D eigenvalue weighted by Crippen LogP contribution is -2.50. The molecule has 2 atom stereocenters. The van der Waals surface area contributed by atoms with E-state index >= 15 is 0 Å². The number of halogens is 2. The van der Waals surface area contributed by atoms with Gasteiger partial charge in [-0.1, -0.05) is 59.6 Å². The smallest absolute Gasteiger partial charge is 0.407 e. The number of pyridine rings is 1. The Morgan fingerprint density at radius 1 is 0.927 bits per heavy atom. The zero-order valence-corrected chi connectivity index (χ0v) is 24.0. The van der Waals surface area contributed by atoms with E-state index in [9.17, 15) is 14.4 Å². The van der Waals surface area contributed by atoms with Crippen LogP contribution in [0.5, 0.6) is 0 Å². The lowest BCUT2D eigenvalue weighted by Gasteiger charge is -2.24. The molecule has 1 heterocycles. The normalized spacial score (nSPS) is 12.1. The summed E-state index contributed by atoms with van der Waals surface area (Å²) in [4.78, 5) is 42.5. The number of benzene rings is 2. The minimum absolute atomic E-state index is 0.0219. The number of alkyl carbamates (subject to hydrolysis) is 1. The van der Waals surface area contributed by atoms with Crippen molar-refractivity contribution in [2.45, 2.75) is 32.0 Å². The minimum Gasteiger partial charge on any atom is -0.466 e. The van der Waals surface area contributed by atoms with Gasteiger partial charge in [0.05, 0.1) is 38.8 Å². The van der Waals surface area contributed by atoms with Gasteiger partial charge in [0, 0.05) is 16.2 Å². The van der Waals surface area contributed by atoms with Crippen LogP contribution in [0.25, 0.3) is 0 Å². The number of esters is 1. The van der Waals surface area contributed by atoms with Crippen molar-refractivity contribution in [2.75, 3.05) is 31.7 Å². The largest absolute Gasteiger partial charge is 0.466 e. The topological polar surface area (TPSA) is 128 Å². The van der Waals surface area contributed by atoms with E-state index in [2.05, 4.69) is 20.9 Å². The molecule has 0 bridgehead atoms. The highest BCUT2D eigenvalue weighted by Gasteiger charge is 2.27. The maximum atomic E-state index is 13.4. The number of carbonyl (C=O) groups is 3. The third kappa shape index (κ3) is 11.6. The molecule has 12 heteroatoms. The minimum atomic E-state index is -1.14. The first-order chi connectivity index (χ1) is 19.8. The molecule has 0 aliphatic carbocycles. The zero-order chi connectivity index (χ0) is 29.5. The van der Waals surface area contributed by atoms with E-state index in [1.807, 2.05) is 36.4 Å². The first kappa shape index (κ1) is 31.7. The zero-order valence-electron chi connectivity index (χ0n) is 22.5. The first-order valence-corrected chi connectivity index (χ1v) is 13.7. The number of nitrogens with zero attached hydrogens (tertiary/aromatic N) is 1. The third-order valence-corrected chi connectivity index (χ3v) is 6.03. The molecule has 2 amide bonds. The standard InChI is InChI=1S/C29H32Cl2N4O6/c1-2-40-27(36)17-24(21-14-22(30)16-23(31)15-21)34-28(37)25(19-39-18-20-8-4-3-5-9-20)35-29(38)41-13-12-33-26-10-6-7-11-32-26/h3-11,14-16,24-25H,2,12-13,17-19H2,1H3,(H,32,33)(H,34,37)(H,35,38). The van der Waals surface area contributed by atoms with Gasteiger partial charge in [-0.25, -0.2) is 9.78 Å². The van der Waals surface area contributed by atoms with Crippen molar-refractivity contribution in [2.24, 2.45) is 0 Å². The van der Waals surface area contributed by atoms with Gasteiger partial charge in [-0.15, -0.1) is 0 Å². The molecule has 1 aromatic heterocycles. The predicted octanol–water partition coefficient (Wildman–Crippen LogP) is 4.92. The molecule has 0 spiro atoms. The molecule has 218 valence electrons. The fourth-order valence-electron chi connectivity index (χ4n) is 3.71. The van der Waals surface area contributed by atoms with Crippen molar-refractivity contribution < 1.29 is 28.6 Å². The molecular weight excluding hydrogens is 571 g/mol. The van der Waals surface area contributed by atoms with Gasteiger partial charge in [0.15, 0.2) is 0 Å². The summed E-state index contributed by atoms with van der Waals surface area (Å²) in [5.41, 5.74) is 1.39. The van der Waals surface area contributed by atoms with E-state index in [4.69, 9.17) is 37.4 Å². The molecule has 0 aliphatic heterocycles. The summed E-state index contributed by atoms with van der Waals surface area (Å²) in [5, 5.41) is 9.03. The van der Waals surface area contributed by atoms with Gasteiger partial charge in [-0.3, -0.25) is 9.59 Å². The molecule has 3 aromatic rings. The summed E-state index contributed by atoms with van der Waals surface area (Å²) in [6.45, 7) is 2.24. The molecular formula is C29H32Cl2N4O6. The molecule has 0 saturated heterocycles. The summed E-state index contributed by atoms with van der Waals surface area (Å²) in [7, 11) is 0. The highest BCUT2D eigenvalue weighted by atomic mass is 35.5. The van der Waals surface area contributed by atoms with Crippen molar-refractivity contribution in [3.63, 3.8) is 0 Å². The van der Waals surface area contributed by atoms with Gasteiger partial charge in [0.25, 0.3) is 0 Å². The maximum Gasteiger partial charge on any atom is 0.407 e. The lowest BCUT2D eigenvalue weighted by molar-refractivity contribution is -0.143. The fraction of sp³-hybridized carbons (Fsp3) is 0.310. The molecule has 0 fully saturated rings. The van der Waals surface area contributed by atoms with Crippen LogP contribution in [0.1, 0.15) is 30.5 Å². The van der Waals surface area contributed by atoms with Crippen molar-refractivity contribution in [1.82, 2.24) is 15.6 Å². The van der Waals surface area contributed by atoms with Gasteiger partial charge in [0.1, 0.15) is 18.5 Å². The van der Waals surface area contributed by atoms with Crippen LogP contribution in [0.3, 0.4) is 0 Å². The molecule has 0 aliphatic rings. The Hall–Kier alpha value is -3.86. The molecule has 0 saturated carbocycles. The average molecular weight is 604 g/mol. The van der Waals surface area contributed by atoms with E-state index in [1.165, 1.54) is 6.07 Å². The fourth-order valence-corrected chi connectivity index (χ4v) is 4.26. The summed E-state index contributed by atoms with van der Waals surface area (Å²) in [5.74, 6) is -0.498. The predicted molar refractivity (Wildman–Crippen MR) is 156 cm³/mol. The summed E-state index contributed by atoms with van der Waals surface area (Å²) in [6.07, 6.45) is 0.641. The Morgan fingerprint density at radius 2 is 1.66 bits per heavy atom. The monoisotopic (exact) mass is 602 g/mol. The Morgan fingerprint density at radius 3 is 2.34 bits per heavy atom. The Bertz CT molecular complexity index is 1250. The number of hydrogen-bond donors (Lipinski definition) is 3. The quantitative estimate of drug-likeness (QED) is 0.165. The third-order valence-electron chi connectivity index (χ3n) is 5.59. The molecule has 3 N–H and O–H groups in total. The van der Waals surface area contributed by atoms with Gasteiger partial charge in [-0.2, -0.15) is 0 Å². The molecule has 2 aromatic carbocycles. The molecule has 3 rings (SSSR count). The van der Waals surface area contributed by atoms with Crippen LogP contribution in [0.15, 0.2) is 72.9 Å². The number of anilines is 1. The number of carbonyl (C=O) groups excluding carboxylic acids is 3. The van der Waals surface area contributed by atoms with Gasteiger partial charge in [-0.05, 0) is 48.4 Å². The second-order valence-corrected chi connectivity index (χ2v) is 9.62. The van der Waals surface area contributed by atoms with Crippen molar-refractivity contribution in [1.29, 1.82) is 0 Å². The van der Waals surface area contributed by atoms with Crippen LogP contribution in [0.2, 0.25) is 10.0 Å². The number of rotatable bonds is 15. The van der Waals surface area contributed by atoms with Gasteiger partial charge < -0.3 is 30.2 Å². The second-order valence-electron chi connectivity index (χ2n) is 8.75. The number of ether oxygens (including phenoxy) is 3. The van der Waals surface area contributed by atoms with Crippen LogP contribution >= 0.6 is 23.2 Å². The Labute approximate surface area is 248 Å². The number of amides is 2. The first-order valence-electron chi connectivity index (χ1n) is 13.0. The highest BCUT2D eigenvalue weighted by molar-refractivity contribution is 6.34. The Kier molecular flexibility index (Phi) is 13.2. The molecule has 41 heavy (non-hydrogen) atoms. The maximum absolute atomic E-state index is 13.4. The average Bonchev–Trinajstić information content (AvgIpc) is 2.95. The number of nitrogens with one attached hydrogen (secondary N) is 3. The van der Waals surface area contributed by atoms with Crippen molar-refractivity contribution in [3.05, 3.63) is 94.1 Å². The summed E-state index contributed by atoms with van der Waals surface area (Å²) < 4.78 is 16.1.